The van der Waals surface area contributed by atoms with E-state index in [1.807, 2.05) is 0 Å². The van der Waals surface area contributed by atoms with Crippen LogP contribution in [0.4, 0.5) is 5.82 Å². The van der Waals surface area contributed by atoms with Crippen LogP contribution in [-0.2, 0) is 10.2 Å². The molecule has 0 aromatic carbocycles. The van der Waals surface area contributed by atoms with Gasteiger partial charge in [-0.1, -0.05) is 6.42 Å². The number of anilines is 1. The molecule has 0 amide bonds. The van der Waals surface area contributed by atoms with Crippen LogP contribution in [0.2, 0.25) is 0 Å². The van der Waals surface area contributed by atoms with E-state index in [2.05, 4.69) is 9.97 Å². The van der Waals surface area contributed by atoms with Crippen LogP contribution in [0, 0.1) is 0 Å². The standard InChI is InChI=1S/C12H15N3O2/c13-9-6-8(12(11(16)17)4-1-5-12)14-10(15-9)7-2-3-7/h6-7H,1-5H2,(H,16,17)(H2,13,14,15). The van der Waals surface area contributed by atoms with E-state index in [1.165, 1.54) is 0 Å². The van der Waals surface area contributed by atoms with Crippen molar-refractivity contribution in [2.45, 2.75) is 43.4 Å². The van der Waals surface area contributed by atoms with E-state index in [-0.39, 0.29) is 0 Å². The summed E-state index contributed by atoms with van der Waals surface area (Å²) in [5, 5.41) is 9.37. The van der Waals surface area contributed by atoms with Gasteiger partial charge in [-0.2, -0.15) is 0 Å². The molecule has 1 aromatic heterocycles. The lowest BCUT2D eigenvalue weighted by atomic mass is 9.66. The van der Waals surface area contributed by atoms with E-state index in [4.69, 9.17) is 5.73 Å². The first-order valence-corrected chi connectivity index (χ1v) is 6.00. The predicted molar refractivity (Wildman–Crippen MR) is 61.6 cm³/mol. The highest BCUT2D eigenvalue weighted by atomic mass is 16.4. The number of carbonyl (C=O) groups is 1. The first-order valence-electron chi connectivity index (χ1n) is 6.00. The number of carboxylic acids is 1. The molecule has 2 aliphatic rings. The van der Waals surface area contributed by atoms with Crippen molar-refractivity contribution in [3.63, 3.8) is 0 Å². The zero-order valence-electron chi connectivity index (χ0n) is 9.52. The van der Waals surface area contributed by atoms with Crippen LogP contribution in [-0.4, -0.2) is 21.0 Å². The number of nitrogens with two attached hydrogens (primary N) is 1. The van der Waals surface area contributed by atoms with Gasteiger partial charge in [0.1, 0.15) is 17.1 Å². The van der Waals surface area contributed by atoms with Crippen molar-refractivity contribution in [3.05, 3.63) is 17.6 Å². The quantitative estimate of drug-likeness (QED) is 0.824. The van der Waals surface area contributed by atoms with Crippen molar-refractivity contribution in [3.8, 4) is 0 Å². The Kier molecular flexibility index (Phi) is 2.11. The maximum Gasteiger partial charge on any atom is 0.315 e. The molecule has 2 fully saturated rings. The smallest absolute Gasteiger partial charge is 0.315 e. The average Bonchev–Trinajstić information content (AvgIpc) is 2.96. The first kappa shape index (κ1) is 10.5. The zero-order chi connectivity index (χ0) is 12.0. The zero-order valence-corrected chi connectivity index (χ0v) is 9.52. The normalized spacial score (nSPS) is 21.9. The fourth-order valence-electron chi connectivity index (χ4n) is 2.36. The Labute approximate surface area is 99.1 Å². The molecule has 2 saturated carbocycles. The fourth-order valence-corrected chi connectivity index (χ4v) is 2.36. The highest BCUT2D eigenvalue weighted by Crippen LogP contribution is 2.45. The van der Waals surface area contributed by atoms with E-state index in [9.17, 15) is 9.90 Å². The lowest BCUT2D eigenvalue weighted by Gasteiger charge is -2.37. The van der Waals surface area contributed by atoms with Crippen LogP contribution in [0.5, 0.6) is 0 Å². The number of nitrogen functional groups attached to an aromatic ring is 1. The molecule has 1 aromatic rings. The Morgan fingerprint density at radius 2 is 2.12 bits per heavy atom. The third kappa shape index (κ3) is 1.57. The van der Waals surface area contributed by atoms with Gasteiger partial charge in [0, 0.05) is 12.0 Å². The molecule has 3 N–H and O–H groups in total. The van der Waals surface area contributed by atoms with Gasteiger partial charge in [-0.25, -0.2) is 9.97 Å². The number of aliphatic carboxylic acids is 1. The van der Waals surface area contributed by atoms with Crippen molar-refractivity contribution >= 4 is 11.8 Å². The second-order valence-corrected chi connectivity index (χ2v) is 5.05. The number of hydrogen-bond acceptors (Lipinski definition) is 4. The Morgan fingerprint density at radius 1 is 1.41 bits per heavy atom. The molecule has 0 bridgehead atoms. The van der Waals surface area contributed by atoms with E-state index >= 15 is 0 Å². The summed E-state index contributed by atoms with van der Waals surface area (Å²) in [5.74, 6) is 0.726. The summed E-state index contributed by atoms with van der Waals surface area (Å²) in [6, 6.07) is 1.62. The molecule has 17 heavy (non-hydrogen) atoms. The van der Waals surface area contributed by atoms with Crippen LogP contribution in [0.1, 0.15) is 49.5 Å². The second kappa shape index (κ2) is 3.42. The van der Waals surface area contributed by atoms with Crippen LogP contribution < -0.4 is 5.73 Å². The molecule has 3 rings (SSSR count). The van der Waals surface area contributed by atoms with Crippen molar-refractivity contribution < 1.29 is 9.90 Å². The molecule has 2 aliphatic carbocycles. The Morgan fingerprint density at radius 3 is 2.59 bits per heavy atom. The summed E-state index contributed by atoms with van der Waals surface area (Å²) in [7, 11) is 0. The molecule has 1 heterocycles. The maximum atomic E-state index is 11.4. The van der Waals surface area contributed by atoms with Crippen molar-refractivity contribution in [1.29, 1.82) is 0 Å². The van der Waals surface area contributed by atoms with Gasteiger partial charge in [-0.3, -0.25) is 4.79 Å². The average molecular weight is 233 g/mol. The van der Waals surface area contributed by atoms with E-state index in [1.54, 1.807) is 6.07 Å². The minimum atomic E-state index is -0.805. The molecule has 0 unspecified atom stereocenters. The lowest BCUT2D eigenvalue weighted by Crippen LogP contribution is -2.43. The third-order valence-electron chi connectivity index (χ3n) is 3.81. The summed E-state index contributed by atoms with van der Waals surface area (Å²) < 4.78 is 0. The van der Waals surface area contributed by atoms with Gasteiger partial charge in [-0.15, -0.1) is 0 Å². The number of hydrogen-bond donors (Lipinski definition) is 2. The fraction of sp³-hybridized carbons (Fsp3) is 0.583. The summed E-state index contributed by atoms with van der Waals surface area (Å²) in [4.78, 5) is 20.1. The molecular weight excluding hydrogens is 218 g/mol. The van der Waals surface area contributed by atoms with Gasteiger partial charge in [0.2, 0.25) is 0 Å². The SMILES string of the molecule is Nc1cc(C2(C(=O)O)CCC2)nc(C2CC2)n1. The molecule has 0 atom stereocenters. The predicted octanol–water partition coefficient (Wildman–Crippen LogP) is 1.44. The number of nitrogens with zero attached hydrogens (tertiary/aromatic N) is 2. The summed E-state index contributed by atoms with van der Waals surface area (Å²) in [6.45, 7) is 0. The molecule has 90 valence electrons. The number of rotatable bonds is 3. The number of aromatic nitrogens is 2. The van der Waals surface area contributed by atoms with Gasteiger partial charge in [0.05, 0.1) is 5.69 Å². The van der Waals surface area contributed by atoms with Gasteiger partial charge in [0.15, 0.2) is 0 Å². The monoisotopic (exact) mass is 233 g/mol. The van der Waals surface area contributed by atoms with Crippen LogP contribution in [0.25, 0.3) is 0 Å². The maximum absolute atomic E-state index is 11.4. The molecular formula is C12H15N3O2. The molecule has 5 nitrogen and oxygen atoms in total. The van der Waals surface area contributed by atoms with Gasteiger partial charge in [0.25, 0.3) is 0 Å². The Bertz CT molecular complexity index is 479. The van der Waals surface area contributed by atoms with Crippen LogP contribution in [0.3, 0.4) is 0 Å². The Hall–Kier alpha value is -1.65. The molecule has 0 spiro atoms. The van der Waals surface area contributed by atoms with Crippen molar-refractivity contribution in [2.75, 3.05) is 5.73 Å². The molecule has 5 heteroatoms. The van der Waals surface area contributed by atoms with E-state index < -0.39 is 11.4 Å². The van der Waals surface area contributed by atoms with Gasteiger partial charge >= 0.3 is 5.97 Å². The number of carboxylic acid groups (broad SMARTS) is 1. The summed E-state index contributed by atoms with van der Waals surface area (Å²) in [6.07, 6.45) is 4.42. The van der Waals surface area contributed by atoms with Crippen LogP contribution in [0.15, 0.2) is 6.07 Å². The van der Waals surface area contributed by atoms with E-state index in [0.29, 0.717) is 30.3 Å². The Balaban J connectivity index is 2.04. The highest BCUT2D eigenvalue weighted by molar-refractivity contribution is 5.82. The molecule has 0 saturated heterocycles. The second-order valence-electron chi connectivity index (χ2n) is 5.05. The van der Waals surface area contributed by atoms with E-state index in [0.717, 1.165) is 25.1 Å². The summed E-state index contributed by atoms with van der Waals surface area (Å²) in [5.41, 5.74) is 5.55. The minimum Gasteiger partial charge on any atom is -0.481 e. The summed E-state index contributed by atoms with van der Waals surface area (Å²) >= 11 is 0. The first-order chi connectivity index (χ1) is 8.12. The largest absolute Gasteiger partial charge is 0.481 e. The van der Waals surface area contributed by atoms with Gasteiger partial charge < -0.3 is 10.8 Å². The molecule has 0 radical (unpaired) electrons. The van der Waals surface area contributed by atoms with Crippen LogP contribution >= 0.6 is 0 Å². The van der Waals surface area contributed by atoms with Crippen molar-refractivity contribution in [1.82, 2.24) is 9.97 Å². The topological polar surface area (TPSA) is 89.1 Å². The van der Waals surface area contributed by atoms with Gasteiger partial charge in [-0.05, 0) is 25.7 Å². The third-order valence-corrected chi connectivity index (χ3v) is 3.81. The van der Waals surface area contributed by atoms with Crippen molar-refractivity contribution in [2.24, 2.45) is 0 Å². The minimum absolute atomic E-state index is 0.392. The molecule has 0 aliphatic heterocycles. The highest BCUT2D eigenvalue weighted by Gasteiger charge is 2.48. The lowest BCUT2D eigenvalue weighted by molar-refractivity contribution is -0.147.